The maximum Gasteiger partial charge on any atom is 0.325 e. The molecule has 2 heterocycles. The Morgan fingerprint density at radius 1 is 1.32 bits per heavy atom. The van der Waals surface area contributed by atoms with Crippen LogP contribution in [-0.2, 0) is 15.1 Å². The Morgan fingerprint density at radius 2 is 2.00 bits per heavy atom. The summed E-state index contributed by atoms with van der Waals surface area (Å²) in [6.07, 6.45) is -2.81. The lowest BCUT2D eigenvalue weighted by Crippen LogP contribution is -2.42. The minimum atomic E-state index is -2.81. The van der Waals surface area contributed by atoms with Gasteiger partial charge in [-0.15, -0.1) is 10.2 Å². The zero-order valence-electron chi connectivity index (χ0n) is 14.7. The van der Waals surface area contributed by atoms with E-state index in [0.29, 0.717) is 22.6 Å². The third-order valence-corrected chi connectivity index (χ3v) is 4.96. The zero-order valence-corrected chi connectivity index (χ0v) is 15.5. The Labute approximate surface area is 161 Å². The standard InChI is InChI=1S/C16H15F2N5O4S/c1-16(8-3-5-9(27-2)6-4-8)13(25)23(15(26)20-16)7-10(24)19-14-22-21-12(28-14)11(17)18/h3-6,11H,7H2,1-2H3,(H,20,26)(H,19,22,24). The highest BCUT2D eigenvalue weighted by Crippen LogP contribution is 2.30. The molecule has 2 N–H and O–H groups in total. The summed E-state index contributed by atoms with van der Waals surface area (Å²) in [7, 11) is 1.50. The van der Waals surface area contributed by atoms with Crippen molar-refractivity contribution >= 4 is 34.3 Å². The third-order valence-electron chi connectivity index (χ3n) is 4.12. The summed E-state index contributed by atoms with van der Waals surface area (Å²) in [6.45, 7) is 0.923. The van der Waals surface area contributed by atoms with Crippen LogP contribution in [0.1, 0.15) is 23.9 Å². The van der Waals surface area contributed by atoms with E-state index < -0.39 is 41.4 Å². The minimum Gasteiger partial charge on any atom is -0.497 e. The average Bonchev–Trinajstić information content (AvgIpc) is 3.21. The Kier molecular flexibility index (Phi) is 5.23. The summed E-state index contributed by atoms with van der Waals surface area (Å²) in [5, 5.41) is 10.8. The van der Waals surface area contributed by atoms with Gasteiger partial charge in [-0.05, 0) is 24.6 Å². The van der Waals surface area contributed by atoms with Crippen LogP contribution in [0.25, 0.3) is 0 Å². The number of benzene rings is 1. The molecule has 148 valence electrons. The molecule has 0 spiro atoms. The highest BCUT2D eigenvalue weighted by molar-refractivity contribution is 7.15. The quantitative estimate of drug-likeness (QED) is 0.702. The monoisotopic (exact) mass is 411 g/mol. The second-order valence-corrected chi connectivity index (χ2v) is 6.98. The molecule has 4 amide bonds. The van der Waals surface area contributed by atoms with E-state index in [9.17, 15) is 23.2 Å². The molecule has 2 aromatic rings. The molecule has 0 bridgehead atoms. The molecular formula is C16H15F2N5O4S. The largest absolute Gasteiger partial charge is 0.497 e. The van der Waals surface area contributed by atoms with E-state index in [-0.39, 0.29) is 5.13 Å². The maximum absolute atomic E-state index is 12.8. The highest BCUT2D eigenvalue weighted by atomic mass is 32.1. The fourth-order valence-electron chi connectivity index (χ4n) is 2.64. The fourth-order valence-corrected chi connectivity index (χ4v) is 3.25. The molecule has 0 saturated carbocycles. The van der Waals surface area contributed by atoms with Crippen LogP contribution in [0.3, 0.4) is 0 Å². The summed E-state index contributed by atoms with van der Waals surface area (Å²) >= 11 is 0.509. The highest BCUT2D eigenvalue weighted by Gasteiger charge is 2.49. The van der Waals surface area contributed by atoms with Crippen molar-refractivity contribution in [3.05, 3.63) is 34.8 Å². The summed E-state index contributed by atoms with van der Waals surface area (Å²) < 4.78 is 30.1. The summed E-state index contributed by atoms with van der Waals surface area (Å²) in [5.74, 6) is -0.802. The number of anilines is 1. The summed E-state index contributed by atoms with van der Waals surface area (Å²) in [6, 6.07) is 5.81. The number of nitrogens with zero attached hydrogens (tertiary/aromatic N) is 3. The molecule has 9 nitrogen and oxygen atoms in total. The van der Waals surface area contributed by atoms with Crippen LogP contribution in [0.2, 0.25) is 0 Å². The van der Waals surface area contributed by atoms with E-state index in [1.54, 1.807) is 24.3 Å². The van der Waals surface area contributed by atoms with Crippen LogP contribution in [0.5, 0.6) is 5.75 Å². The predicted octanol–water partition coefficient (Wildman–Crippen LogP) is 1.89. The number of aromatic nitrogens is 2. The van der Waals surface area contributed by atoms with Crippen LogP contribution < -0.4 is 15.4 Å². The molecule has 1 atom stereocenters. The number of urea groups is 1. The number of methoxy groups -OCH3 is 1. The lowest BCUT2D eigenvalue weighted by atomic mass is 9.92. The van der Waals surface area contributed by atoms with Gasteiger partial charge in [0.1, 0.15) is 17.8 Å². The van der Waals surface area contributed by atoms with Gasteiger partial charge in [-0.25, -0.2) is 13.6 Å². The summed E-state index contributed by atoms with van der Waals surface area (Å²) in [4.78, 5) is 37.9. The van der Waals surface area contributed by atoms with Gasteiger partial charge in [0.05, 0.1) is 7.11 Å². The van der Waals surface area contributed by atoms with Gasteiger partial charge in [-0.3, -0.25) is 19.8 Å². The Morgan fingerprint density at radius 3 is 2.57 bits per heavy atom. The van der Waals surface area contributed by atoms with Gasteiger partial charge in [0, 0.05) is 0 Å². The van der Waals surface area contributed by atoms with Crippen molar-refractivity contribution in [2.75, 3.05) is 19.0 Å². The van der Waals surface area contributed by atoms with Gasteiger partial charge in [-0.2, -0.15) is 0 Å². The molecule has 0 aliphatic carbocycles. The van der Waals surface area contributed by atoms with Crippen molar-refractivity contribution < 1.29 is 27.9 Å². The van der Waals surface area contributed by atoms with Crippen LogP contribution >= 0.6 is 11.3 Å². The first-order valence-electron chi connectivity index (χ1n) is 7.94. The van der Waals surface area contributed by atoms with E-state index in [1.165, 1.54) is 14.0 Å². The number of hydrogen-bond acceptors (Lipinski definition) is 7. The molecule has 1 aliphatic heterocycles. The smallest absolute Gasteiger partial charge is 0.325 e. The number of hydrogen-bond donors (Lipinski definition) is 2. The van der Waals surface area contributed by atoms with Crippen molar-refractivity contribution in [2.24, 2.45) is 0 Å². The van der Waals surface area contributed by atoms with Gasteiger partial charge in [0.15, 0.2) is 5.01 Å². The van der Waals surface area contributed by atoms with E-state index in [1.807, 2.05) is 0 Å². The van der Waals surface area contributed by atoms with Gasteiger partial charge in [0.2, 0.25) is 11.0 Å². The van der Waals surface area contributed by atoms with Crippen molar-refractivity contribution in [3.63, 3.8) is 0 Å². The predicted molar refractivity (Wildman–Crippen MR) is 94.1 cm³/mol. The lowest BCUT2D eigenvalue weighted by Gasteiger charge is -2.22. The molecule has 1 saturated heterocycles. The van der Waals surface area contributed by atoms with Crippen molar-refractivity contribution in [2.45, 2.75) is 18.9 Å². The Bertz CT molecular complexity index is 920. The van der Waals surface area contributed by atoms with Crippen molar-refractivity contribution in [3.8, 4) is 5.75 Å². The van der Waals surface area contributed by atoms with Crippen LogP contribution in [0.15, 0.2) is 24.3 Å². The first kappa shape index (κ1) is 19.6. The molecule has 12 heteroatoms. The zero-order chi connectivity index (χ0) is 20.5. The Hall–Kier alpha value is -3.15. The van der Waals surface area contributed by atoms with E-state index in [2.05, 4.69) is 20.8 Å². The molecule has 1 unspecified atom stereocenters. The number of carbonyl (C=O) groups excluding carboxylic acids is 3. The van der Waals surface area contributed by atoms with E-state index >= 15 is 0 Å². The molecule has 3 rings (SSSR count). The molecule has 1 aliphatic rings. The number of halogens is 2. The normalized spacial score (nSPS) is 19.1. The molecule has 1 aromatic heterocycles. The van der Waals surface area contributed by atoms with Crippen molar-refractivity contribution in [1.29, 1.82) is 0 Å². The van der Waals surface area contributed by atoms with Gasteiger partial charge >= 0.3 is 6.03 Å². The molecule has 1 aromatic carbocycles. The first-order valence-corrected chi connectivity index (χ1v) is 8.76. The summed E-state index contributed by atoms with van der Waals surface area (Å²) in [5.41, 5.74) is -0.838. The minimum absolute atomic E-state index is 0.148. The molecule has 1 fully saturated rings. The average molecular weight is 411 g/mol. The topological polar surface area (TPSA) is 114 Å². The van der Waals surface area contributed by atoms with Gasteiger partial charge < -0.3 is 10.1 Å². The first-order chi connectivity index (χ1) is 13.2. The number of alkyl halides is 2. The van der Waals surface area contributed by atoms with E-state index in [0.717, 1.165) is 4.90 Å². The fraction of sp³-hybridized carbons (Fsp3) is 0.312. The van der Waals surface area contributed by atoms with Crippen LogP contribution in [0.4, 0.5) is 18.7 Å². The number of nitrogens with one attached hydrogen (secondary N) is 2. The number of amides is 4. The molecule has 0 radical (unpaired) electrons. The number of imide groups is 1. The van der Waals surface area contributed by atoms with Crippen molar-refractivity contribution in [1.82, 2.24) is 20.4 Å². The molecule has 28 heavy (non-hydrogen) atoms. The number of carbonyl (C=O) groups is 3. The lowest BCUT2D eigenvalue weighted by molar-refractivity contribution is -0.133. The number of rotatable bonds is 6. The van der Waals surface area contributed by atoms with Crippen LogP contribution in [-0.4, -0.2) is 46.6 Å². The number of ether oxygens (including phenoxy) is 1. The second-order valence-electron chi connectivity index (χ2n) is 5.97. The van der Waals surface area contributed by atoms with E-state index in [4.69, 9.17) is 4.74 Å². The van der Waals surface area contributed by atoms with Gasteiger partial charge in [-0.1, -0.05) is 23.5 Å². The third kappa shape index (κ3) is 3.63. The SMILES string of the molecule is COc1ccc(C2(C)NC(=O)N(CC(=O)Nc3nnc(C(F)F)s3)C2=O)cc1. The van der Waals surface area contributed by atoms with Crippen LogP contribution in [0, 0.1) is 0 Å². The molecular weight excluding hydrogens is 396 g/mol. The van der Waals surface area contributed by atoms with Gasteiger partial charge in [0.25, 0.3) is 12.3 Å². The second kappa shape index (κ2) is 7.46. The Balaban J connectivity index is 1.71. The maximum atomic E-state index is 12.8.